The number of carbonyl (C=O) groups is 2. The van der Waals surface area contributed by atoms with Gasteiger partial charge in [0, 0.05) is 24.5 Å². The molecule has 0 bridgehead atoms. The summed E-state index contributed by atoms with van der Waals surface area (Å²) in [5.74, 6) is -0.0368. The molecule has 2 aromatic rings. The van der Waals surface area contributed by atoms with Crippen LogP contribution in [0.2, 0.25) is 0 Å². The van der Waals surface area contributed by atoms with Gasteiger partial charge in [-0.25, -0.2) is 9.59 Å². The van der Waals surface area contributed by atoms with Crippen molar-refractivity contribution in [3.8, 4) is 16.9 Å². The van der Waals surface area contributed by atoms with Gasteiger partial charge in [-0.05, 0) is 30.2 Å². The van der Waals surface area contributed by atoms with Crippen molar-refractivity contribution in [2.75, 3.05) is 13.7 Å². The fourth-order valence-electron chi connectivity index (χ4n) is 1.94. The van der Waals surface area contributed by atoms with Gasteiger partial charge in [0.15, 0.2) is 0 Å². The molecule has 120 valence electrons. The van der Waals surface area contributed by atoms with E-state index in [-0.39, 0.29) is 0 Å². The summed E-state index contributed by atoms with van der Waals surface area (Å²) in [6, 6.07) is 8.68. The maximum Gasteiger partial charge on any atom is 0.412 e. The molecule has 1 aromatic carbocycles. The lowest BCUT2D eigenvalue weighted by Gasteiger charge is -2.08. The van der Waals surface area contributed by atoms with Crippen LogP contribution in [-0.4, -0.2) is 30.7 Å². The lowest BCUT2D eigenvalue weighted by atomic mass is 10.1. The first kappa shape index (κ1) is 16.5. The molecule has 1 amide bonds. The van der Waals surface area contributed by atoms with E-state index in [0.717, 1.165) is 17.5 Å². The highest BCUT2D eigenvalue weighted by Crippen LogP contribution is 2.24. The standard InChI is InChI=1S/C17H18N2O4/c1-3-7-19-17(21)23-15-6-4-5-12(9-15)13-8-14(11-18-10-13)16(20)22-2/h4-6,8-11H,3,7H2,1-2H3,(H,19,21). The average Bonchev–Trinajstić information content (AvgIpc) is 2.59. The Labute approximate surface area is 134 Å². The number of ether oxygens (including phenoxy) is 2. The Morgan fingerprint density at radius 3 is 2.74 bits per heavy atom. The largest absolute Gasteiger partial charge is 0.465 e. The molecule has 1 heterocycles. The molecule has 6 heteroatoms. The van der Waals surface area contributed by atoms with Gasteiger partial charge in [-0.2, -0.15) is 0 Å². The van der Waals surface area contributed by atoms with Gasteiger partial charge < -0.3 is 14.8 Å². The predicted molar refractivity (Wildman–Crippen MR) is 85.3 cm³/mol. The number of rotatable bonds is 5. The van der Waals surface area contributed by atoms with Crippen LogP contribution in [0.5, 0.6) is 5.75 Å². The van der Waals surface area contributed by atoms with Crippen LogP contribution in [0.1, 0.15) is 23.7 Å². The molecule has 1 aromatic heterocycles. The van der Waals surface area contributed by atoms with E-state index in [0.29, 0.717) is 17.9 Å². The summed E-state index contributed by atoms with van der Waals surface area (Å²) in [6.07, 6.45) is 3.41. The summed E-state index contributed by atoms with van der Waals surface area (Å²) in [5, 5.41) is 2.64. The third-order valence-corrected chi connectivity index (χ3v) is 3.06. The molecule has 23 heavy (non-hydrogen) atoms. The highest BCUT2D eigenvalue weighted by atomic mass is 16.6. The number of methoxy groups -OCH3 is 1. The summed E-state index contributed by atoms with van der Waals surface area (Å²) in [7, 11) is 1.32. The van der Waals surface area contributed by atoms with Gasteiger partial charge in [-0.3, -0.25) is 4.98 Å². The smallest absolute Gasteiger partial charge is 0.412 e. The van der Waals surface area contributed by atoms with Crippen LogP contribution in [-0.2, 0) is 4.74 Å². The van der Waals surface area contributed by atoms with Crippen LogP contribution >= 0.6 is 0 Å². The minimum absolute atomic E-state index is 0.358. The second-order valence-corrected chi connectivity index (χ2v) is 4.80. The number of carbonyl (C=O) groups excluding carboxylic acids is 2. The summed E-state index contributed by atoms with van der Waals surface area (Å²) >= 11 is 0. The van der Waals surface area contributed by atoms with Gasteiger partial charge in [0.25, 0.3) is 0 Å². The van der Waals surface area contributed by atoms with E-state index in [2.05, 4.69) is 15.0 Å². The zero-order valence-corrected chi connectivity index (χ0v) is 13.0. The van der Waals surface area contributed by atoms with Crippen LogP contribution in [0, 0.1) is 0 Å². The van der Waals surface area contributed by atoms with Crippen molar-refractivity contribution in [2.45, 2.75) is 13.3 Å². The zero-order valence-electron chi connectivity index (χ0n) is 13.0. The highest BCUT2D eigenvalue weighted by Gasteiger charge is 2.09. The van der Waals surface area contributed by atoms with Crippen LogP contribution in [0.3, 0.4) is 0 Å². The molecule has 0 unspecified atom stereocenters. The molecule has 0 atom stereocenters. The molecule has 0 aliphatic heterocycles. The molecule has 6 nitrogen and oxygen atoms in total. The van der Waals surface area contributed by atoms with Crippen molar-refractivity contribution >= 4 is 12.1 Å². The molecule has 0 fully saturated rings. The van der Waals surface area contributed by atoms with Gasteiger partial charge >= 0.3 is 12.1 Å². The number of nitrogens with zero attached hydrogens (tertiary/aromatic N) is 1. The lowest BCUT2D eigenvalue weighted by Crippen LogP contribution is -2.27. The minimum Gasteiger partial charge on any atom is -0.465 e. The maximum atomic E-state index is 11.6. The Morgan fingerprint density at radius 2 is 2.00 bits per heavy atom. The second-order valence-electron chi connectivity index (χ2n) is 4.80. The van der Waals surface area contributed by atoms with Crippen molar-refractivity contribution in [3.05, 3.63) is 48.3 Å². The summed E-state index contributed by atoms with van der Waals surface area (Å²) in [6.45, 7) is 2.52. The second kappa shape index (κ2) is 7.93. The number of hydrogen-bond acceptors (Lipinski definition) is 5. The summed E-state index contributed by atoms with van der Waals surface area (Å²) in [5.41, 5.74) is 1.87. The molecule has 0 radical (unpaired) electrons. The van der Waals surface area contributed by atoms with E-state index in [1.165, 1.54) is 13.3 Å². The van der Waals surface area contributed by atoms with E-state index < -0.39 is 12.1 Å². The molecule has 2 rings (SSSR count). The molecule has 1 N–H and O–H groups in total. The third kappa shape index (κ3) is 4.54. The molecular weight excluding hydrogens is 296 g/mol. The van der Waals surface area contributed by atoms with E-state index in [1.807, 2.05) is 13.0 Å². The fourth-order valence-corrected chi connectivity index (χ4v) is 1.94. The number of hydrogen-bond donors (Lipinski definition) is 1. The number of nitrogens with one attached hydrogen (secondary N) is 1. The van der Waals surface area contributed by atoms with Crippen LogP contribution in [0.4, 0.5) is 4.79 Å². The predicted octanol–water partition coefficient (Wildman–Crippen LogP) is 3.03. The summed E-state index contributed by atoms with van der Waals surface area (Å²) < 4.78 is 9.90. The fraction of sp³-hybridized carbons (Fsp3) is 0.235. The van der Waals surface area contributed by atoms with E-state index in [1.54, 1.807) is 30.5 Å². The normalized spacial score (nSPS) is 10.0. The third-order valence-electron chi connectivity index (χ3n) is 3.06. The Balaban J connectivity index is 2.19. The zero-order chi connectivity index (χ0) is 16.7. The highest BCUT2D eigenvalue weighted by molar-refractivity contribution is 5.90. The first-order chi connectivity index (χ1) is 11.1. The monoisotopic (exact) mass is 314 g/mol. The molecule has 0 saturated heterocycles. The summed E-state index contributed by atoms with van der Waals surface area (Å²) in [4.78, 5) is 27.2. The topological polar surface area (TPSA) is 77.5 Å². The first-order valence-electron chi connectivity index (χ1n) is 7.23. The van der Waals surface area contributed by atoms with Gasteiger partial charge in [-0.1, -0.05) is 19.1 Å². The SMILES string of the molecule is CCCNC(=O)Oc1cccc(-c2cncc(C(=O)OC)c2)c1. The minimum atomic E-state index is -0.495. The number of amides is 1. The van der Waals surface area contributed by atoms with E-state index in [4.69, 9.17) is 4.74 Å². The molecule has 0 saturated carbocycles. The van der Waals surface area contributed by atoms with Crippen LogP contribution < -0.4 is 10.1 Å². The lowest BCUT2D eigenvalue weighted by molar-refractivity contribution is 0.0600. The van der Waals surface area contributed by atoms with Crippen molar-refractivity contribution in [3.63, 3.8) is 0 Å². The Bertz CT molecular complexity index is 700. The number of aromatic nitrogens is 1. The molecular formula is C17H18N2O4. The number of pyridine rings is 1. The Hall–Kier alpha value is -2.89. The van der Waals surface area contributed by atoms with Crippen molar-refractivity contribution < 1.29 is 19.1 Å². The quantitative estimate of drug-likeness (QED) is 0.858. The molecule has 0 aliphatic rings. The Morgan fingerprint density at radius 1 is 1.17 bits per heavy atom. The van der Waals surface area contributed by atoms with E-state index in [9.17, 15) is 9.59 Å². The van der Waals surface area contributed by atoms with Gasteiger partial charge in [0.1, 0.15) is 5.75 Å². The van der Waals surface area contributed by atoms with Crippen molar-refractivity contribution in [1.82, 2.24) is 10.3 Å². The number of esters is 1. The van der Waals surface area contributed by atoms with Gasteiger partial charge in [0.05, 0.1) is 12.7 Å². The van der Waals surface area contributed by atoms with Crippen molar-refractivity contribution in [2.24, 2.45) is 0 Å². The van der Waals surface area contributed by atoms with Crippen molar-refractivity contribution in [1.29, 1.82) is 0 Å². The Kier molecular flexibility index (Phi) is 5.68. The van der Waals surface area contributed by atoms with Crippen LogP contribution in [0.25, 0.3) is 11.1 Å². The van der Waals surface area contributed by atoms with E-state index >= 15 is 0 Å². The number of benzene rings is 1. The van der Waals surface area contributed by atoms with Gasteiger partial charge in [0.2, 0.25) is 0 Å². The average molecular weight is 314 g/mol. The first-order valence-corrected chi connectivity index (χ1v) is 7.23. The molecule has 0 spiro atoms. The van der Waals surface area contributed by atoms with Crippen LogP contribution in [0.15, 0.2) is 42.7 Å². The maximum absolute atomic E-state index is 11.6. The molecule has 0 aliphatic carbocycles. The van der Waals surface area contributed by atoms with Gasteiger partial charge in [-0.15, -0.1) is 0 Å².